The van der Waals surface area contributed by atoms with Gasteiger partial charge in [0.05, 0.1) is 5.92 Å². The first-order chi connectivity index (χ1) is 12.5. The summed E-state index contributed by atoms with van der Waals surface area (Å²) < 4.78 is 0. The fourth-order valence-corrected chi connectivity index (χ4v) is 3.21. The van der Waals surface area contributed by atoms with E-state index in [1.807, 2.05) is 24.3 Å². The van der Waals surface area contributed by atoms with Crippen molar-refractivity contribution in [1.82, 2.24) is 4.90 Å². The molecule has 1 amide bonds. The van der Waals surface area contributed by atoms with Crippen LogP contribution in [-0.2, 0) is 22.4 Å². The SMILES string of the molecule is CCc1cccc(CC)c1N/C=C(/C#N)C(=O)N1CCC(C(=O)O)CC1. The van der Waals surface area contributed by atoms with Gasteiger partial charge in [0.25, 0.3) is 5.91 Å². The van der Waals surface area contributed by atoms with Gasteiger partial charge in [-0.15, -0.1) is 0 Å². The van der Waals surface area contributed by atoms with Gasteiger partial charge in [-0.3, -0.25) is 9.59 Å². The molecule has 0 aliphatic carbocycles. The summed E-state index contributed by atoms with van der Waals surface area (Å²) in [5, 5.41) is 21.6. The van der Waals surface area contributed by atoms with Crippen molar-refractivity contribution in [2.45, 2.75) is 39.5 Å². The second-order valence-corrected chi connectivity index (χ2v) is 6.38. The Hall–Kier alpha value is -2.81. The summed E-state index contributed by atoms with van der Waals surface area (Å²) in [5.74, 6) is -1.58. The number of nitriles is 1. The van der Waals surface area contributed by atoms with Crippen molar-refractivity contribution >= 4 is 17.6 Å². The van der Waals surface area contributed by atoms with Crippen LogP contribution in [0.15, 0.2) is 30.0 Å². The van der Waals surface area contributed by atoms with E-state index in [9.17, 15) is 14.9 Å². The standard InChI is InChI=1S/C20H25N3O3/c1-3-14-6-5-7-15(4-2)18(14)22-13-17(12-21)19(24)23-10-8-16(9-11-23)20(25)26/h5-7,13,16,22H,3-4,8-11H2,1-2H3,(H,25,26)/b17-13-. The molecular formula is C20H25N3O3. The fourth-order valence-electron chi connectivity index (χ4n) is 3.21. The lowest BCUT2D eigenvalue weighted by molar-refractivity contribution is -0.145. The van der Waals surface area contributed by atoms with Crippen LogP contribution in [-0.4, -0.2) is 35.0 Å². The van der Waals surface area contributed by atoms with Crippen LogP contribution in [0.4, 0.5) is 5.69 Å². The molecule has 0 bridgehead atoms. The number of nitrogens with zero attached hydrogens (tertiary/aromatic N) is 2. The quantitative estimate of drug-likeness (QED) is 0.604. The van der Waals surface area contributed by atoms with E-state index < -0.39 is 11.9 Å². The molecule has 2 N–H and O–H groups in total. The Labute approximate surface area is 154 Å². The van der Waals surface area contributed by atoms with E-state index in [4.69, 9.17) is 5.11 Å². The zero-order valence-corrected chi connectivity index (χ0v) is 15.3. The molecule has 1 saturated heterocycles. The lowest BCUT2D eigenvalue weighted by Crippen LogP contribution is -2.40. The largest absolute Gasteiger partial charge is 0.481 e. The van der Waals surface area contributed by atoms with E-state index in [2.05, 4.69) is 19.2 Å². The number of nitrogens with one attached hydrogen (secondary N) is 1. The number of para-hydroxylation sites is 1. The Bertz CT molecular complexity index is 719. The third kappa shape index (κ3) is 4.42. The molecule has 6 heteroatoms. The molecule has 0 saturated carbocycles. The topological polar surface area (TPSA) is 93.4 Å². The molecule has 1 fully saturated rings. The predicted octanol–water partition coefficient (Wildman–Crippen LogP) is 2.95. The summed E-state index contributed by atoms with van der Waals surface area (Å²) in [6.07, 6.45) is 4.02. The van der Waals surface area contributed by atoms with Crippen LogP contribution in [0.2, 0.25) is 0 Å². The fraction of sp³-hybridized carbons (Fsp3) is 0.450. The number of carboxylic acids is 1. The highest BCUT2D eigenvalue weighted by atomic mass is 16.4. The molecule has 6 nitrogen and oxygen atoms in total. The summed E-state index contributed by atoms with van der Waals surface area (Å²) in [5.41, 5.74) is 3.24. The van der Waals surface area contributed by atoms with Crippen molar-refractivity contribution in [3.63, 3.8) is 0 Å². The molecule has 2 rings (SSSR count). The predicted molar refractivity (Wildman–Crippen MR) is 99.5 cm³/mol. The van der Waals surface area contributed by atoms with Crippen LogP contribution in [0.5, 0.6) is 0 Å². The number of carbonyl (C=O) groups is 2. The summed E-state index contributed by atoms with van der Waals surface area (Å²) >= 11 is 0. The molecule has 0 unspecified atom stereocenters. The average Bonchev–Trinajstić information content (AvgIpc) is 2.68. The van der Waals surface area contributed by atoms with Crippen LogP contribution in [0.3, 0.4) is 0 Å². The van der Waals surface area contributed by atoms with E-state index in [0.717, 1.165) is 29.7 Å². The average molecular weight is 355 g/mol. The van der Waals surface area contributed by atoms with Gasteiger partial charge in [-0.25, -0.2) is 0 Å². The Morgan fingerprint density at radius 3 is 2.31 bits per heavy atom. The number of carboxylic acid groups (broad SMARTS) is 1. The number of hydrogen-bond acceptors (Lipinski definition) is 4. The smallest absolute Gasteiger partial charge is 0.306 e. The van der Waals surface area contributed by atoms with Crippen LogP contribution in [0.25, 0.3) is 0 Å². The van der Waals surface area contributed by atoms with Crippen molar-refractivity contribution in [2.75, 3.05) is 18.4 Å². The number of likely N-dealkylation sites (tertiary alicyclic amines) is 1. The van der Waals surface area contributed by atoms with E-state index in [0.29, 0.717) is 25.9 Å². The minimum atomic E-state index is -0.821. The van der Waals surface area contributed by atoms with Gasteiger partial charge in [0.2, 0.25) is 0 Å². The van der Waals surface area contributed by atoms with Crippen LogP contribution >= 0.6 is 0 Å². The molecule has 138 valence electrons. The maximum Gasteiger partial charge on any atom is 0.306 e. The summed E-state index contributed by atoms with van der Waals surface area (Å²) in [6, 6.07) is 8.03. The molecular weight excluding hydrogens is 330 g/mol. The molecule has 26 heavy (non-hydrogen) atoms. The Morgan fingerprint density at radius 2 is 1.85 bits per heavy atom. The third-order valence-corrected chi connectivity index (χ3v) is 4.84. The van der Waals surface area contributed by atoms with Crippen LogP contribution in [0, 0.1) is 17.2 Å². The number of carbonyl (C=O) groups excluding carboxylic acids is 1. The van der Waals surface area contributed by atoms with Gasteiger partial charge in [-0.2, -0.15) is 5.26 Å². The van der Waals surface area contributed by atoms with Gasteiger partial charge >= 0.3 is 5.97 Å². The van der Waals surface area contributed by atoms with Gasteiger partial charge in [0, 0.05) is 25.0 Å². The molecule has 0 spiro atoms. The molecule has 1 heterocycles. The highest BCUT2D eigenvalue weighted by Gasteiger charge is 2.28. The monoisotopic (exact) mass is 355 g/mol. The van der Waals surface area contributed by atoms with Crippen molar-refractivity contribution in [3.8, 4) is 6.07 Å². The summed E-state index contributed by atoms with van der Waals surface area (Å²) in [6.45, 7) is 4.85. The third-order valence-electron chi connectivity index (χ3n) is 4.84. The molecule has 1 aliphatic heterocycles. The number of rotatable bonds is 6. The Balaban J connectivity index is 2.13. The summed E-state index contributed by atoms with van der Waals surface area (Å²) in [7, 11) is 0. The highest BCUT2D eigenvalue weighted by Crippen LogP contribution is 2.23. The van der Waals surface area contributed by atoms with Gasteiger partial charge in [-0.05, 0) is 36.8 Å². The second-order valence-electron chi connectivity index (χ2n) is 6.38. The van der Waals surface area contributed by atoms with Crippen LogP contribution in [0.1, 0.15) is 37.8 Å². The minimum Gasteiger partial charge on any atom is -0.481 e. The first-order valence-corrected chi connectivity index (χ1v) is 9.01. The molecule has 0 aromatic heterocycles. The lowest BCUT2D eigenvalue weighted by Gasteiger charge is -2.29. The first kappa shape index (κ1) is 19.5. The van der Waals surface area contributed by atoms with Crippen molar-refractivity contribution in [3.05, 3.63) is 41.1 Å². The van der Waals surface area contributed by atoms with Gasteiger partial charge in [0.15, 0.2) is 0 Å². The maximum absolute atomic E-state index is 12.6. The molecule has 1 aromatic rings. The first-order valence-electron chi connectivity index (χ1n) is 9.01. The summed E-state index contributed by atoms with van der Waals surface area (Å²) in [4.78, 5) is 25.2. The number of aliphatic carboxylic acids is 1. The molecule has 0 atom stereocenters. The van der Waals surface area contributed by atoms with E-state index in [-0.39, 0.29) is 11.5 Å². The number of benzene rings is 1. The van der Waals surface area contributed by atoms with Crippen molar-refractivity contribution in [2.24, 2.45) is 5.92 Å². The van der Waals surface area contributed by atoms with Gasteiger partial charge < -0.3 is 15.3 Å². The normalized spacial score (nSPS) is 15.4. The molecule has 1 aliphatic rings. The van der Waals surface area contributed by atoms with Crippen molar-refractivity contribution < 1.29 is 14.7 Å². The zero-order valence-electron chi connectivity index (χ0n) is 15.3. The maximum atomic E-state index is 12.6. The lowest BCUT2D eigenvalue weighted by atomic mass is 9.97. The second kappa shape index (κ2) is 9.04. The van der Waals surface area contributed by atoms with Crippen LogP contribution < -0.4 is 5.32 Å². The number of anilines is 1. The highest BCUT2D eigenvalue weighted by molar-refractivity contribution is 5.97. The van der Waals surface area contributed by atoms with E-state index in [1.165, 1.54) is 6.20 Å². The molecule has 1 aromatic carbocycles. The Morgan fingerprint density at radius 1 is 1.27 bits per heavy atom. The Kier molecular flexibility index (Phi) is 6.79. The van der Waals surface area contributed by atoms with E-state index in [1.54, 1.807) is 4.90 Å². The molecule has 0 radical (unpaired) electrons. The van der Waals surface area contributed by atoms with Crippen molar-refractivity contribution in [1.29, 1.82) is 5.26 Å². The van der Waals surface area contributed by atoms with Gasteiger partial charge in [-0.1, -0.05) is 32.0 Å². The van der Waals surface area contributed by atoms with E-state index >= 15 is 0 Å². The zero-order chi connectivity index (χ0) is 19.1. The number of piperidine rings is 1. The number of aryl methyl sites for hydroxylation is 2. The number of hydrogen-bond donors (Lipinski definition) is 2. The number of amides is 1. The minimum absolute atomic E-state index is 0.0340. The van der Waals surface area contributed by atoms with Gasteiger partial charge in [0.1, 0.15) is 11.6 Å².